The third kappa shape index (κ3) is 2.37. The Morgan fingerprint density at radius 1 is 1.35 bits per heavy atom. The van der Waals surface area contributed by atoms with E-state index in [0.29, 0.717) is 22.3 Å². The second-order valence-corrected chi connectivity index (χ2v) is 4.28. The van der Waals surface area contributed by atoms with Gasteiger partial charge >= 0.3 is 0 Å². The standard InChI is InChI=1S/C12H7ClN6O/c13-9-4-2-1-3-8(9)12-16-11(20-18-12)6-19-7-15-10(5-14)17-19/h1-4,7H,6H2. The summed E-state index contributed by atoms with van der Waals surface area (Å²) >= 11 is 6.07. The summed E-state index contributed by atoms with van der Waals surface area (Å²) in [4.78, 5) is 8.03. The number of nitrogens with zero attached hydrogens (tertiary/aromatic N) is 6. The van der Waals surface area contributed by atoms with Gasteiger partial charge in [-0.15, -0.1) is 5.10 Å². The van der Waals surface area contributed by atoms with E-state index in [9.17, 15) is 0 Å². The van der Waals surface area contributed by atoms with E-state index in [-0.39, 0.29) is 12.4 Å². The van der Waals surface area contributed by atoms with Crippen LogP contribution in [0.3, 0.4) is 0 Å². The number of hydrogen-bond donors (Lipinski definition) is 0. The molecule has 3 rings (SSSR count). The molecule has 1 aromatic carbocycles. The van der Waals surface area contributed by atoms with Crippen LogP contribution in [-0.2, 0) is 6.54 Å². The zero-order valence-electron chi connectivity index (χ0n) is 10.1. The Morgan fingerprint density at radius 3 is 2.95 bits per heavy atom. The maximum atomic E-state index is 8.65. The van der Waals surface area contributed by atoms with Gasteiger partial charge < -0.3 is 4.52 Å². The smallest absolute Gasteiger partial charge is 0.252 e. The second-order valence-electron chi connectivity index (χ2n) is 3.87. The first-order chi connectivity index (χ1) is 9.76. The van der Waals surface area contributed by atoms with Crippen molar-refractivity contribution in [2.24, 2.45) is 0 Å². The number of rotatable bonds is 3. The van der Waals surface area contributed by atoms with Gasteiger partial charge in [-0.05, 0) is 12.1 Å². The molecule has 0 saturated heterocycles. The molecule has 0 radical (unpaired) electrons. The van der Waals surface area contributed by atoms with Crippen molar-refractivity contribution in [3.05, 3.63) is 47.3 Å². The van der Waals surface area contributed by atoms with E-state index in [1.54, 1.807) is 12.1 Å². The molecule has 0 atom stereocenters. The summed E-state index contributed by atoms with van der Waals surface area (Å²) in [6.45, 7) is 0.242. The molecular weight excluding hydrogens is 280 g/mol. The zero-order chi connectivity index (χ0) is 13.9. The Labute approximate surface area is 118 Å². The molecule has 2 heterocycles. The lowest BCUT2D eigenvalue weighted by Crippen LogP contribution is -2.00. The second kappa shape index (κ2) is 5.11. The highest BCUT2D eigenvalue weighted by Gasteiger charge is 2.12. The highest BCUT2D eigenvalue weighted by molar-refractivity contribution is 6.33. The molecule has 7 nitrogen and oxygen atoms in total. The third-order valence-electron chi connectivity index (χ3n) is 2.52. The van der Waals surface area contributed by atoms with Crippen molar-refractivity contribution < 1.29 is 4.52 Å². The molecule has 8 heteroatoms. The van der Waals surface area contributed by atoms with Crippen LogP contribution in [0, 0.1) is 11.3 Å². The van der Waals surface area contributed by atoms with Gasteiger partial charge in [-0.25, -0.2) is 9.67 Å². The molecule has 3 aromatic rings. The first kappa shape index (κ1) is 12.3. The Kier molecular flexibility index (Phi) is 3.15. The van der Waals surface area contributed by atoms with E-state index in [2.05, 4.69) is 20.2 Å². The van der Waals surface area contributed by atoms with Gasteiger partial charge in [0, 0.05) is 5.56 Å². The fraction of sp³-hybridized carbons (Fsp3) is 0.0833. The molecule has 0 aliphatic rings. The fourth-order valence-corrected chi connectivity index (χ4v) is 1.85. The van der Waals surface area contributed by atoms with Gasteiger partial charge in [-0.1, -0.05) is 28.9 Å². The SMILES string of the molecule is N#Cc1ncn(Cc2nc(-c3ccccc3Cl)no2)n1. The Morgan fingerprint density at radius 2 is 2.20 bits per heavy atom. The molecule has 2 aromatic heterocycles. The Balaban J connectivity index is 1.84. The van der Waals surface area contributed by atoms with E-state index in [1.807, 2.05) is 18.2 Å². The predicted octanol–water partition coefficient (Wildman–Crippen LogP) is 1.90. The van der Waals surface area contributed by atoms with Gasteiger partial charge in [0.1, 0.15) is 18.9 Å². The van der Waals surface area contributed by atoms with Crippen molar-refractivity contribution in [3.63, 3.8) is 0 Å². The largest absolute Gasteiger partial charge is 0.337 e. The lowest BCUT2D eigenvalue weighted by atomic mass is 10.2. The first-order valence-corrected chi connectivity index (χ1v) is 6.01. The van der Waals surface area contributed by atoms with Crippen LogP contribution >= 0.6 is 11.6 Å². The number of aromatic nitrogens is 5. The lowest BCUT2D eigenvalue weighted by molar-refractivity contribution is 0.366. The summed E-state index contributed by atoms with van der Waals surface area (Å²) in [5.74, 6) is 0.858. The fourth-order valence-electron chi connectivity index (χ4n) is 1.63. The third-order valence-corrected chi connectivity index (χ3v) is 2.85. The lowest BCUT2D eigenvalue weighted by Gasteiger charge is -1.96. The minimum absolute atomic E-state index is 0.0934. The first-order valence-electron chi connectivity index (χ1n) is 5.63. The van der Waals surface area contributed by atoms with E-state index >= 15 is 0 Å². The minimum atomic E-state index is 0.0934. The molecule has 98 valence electrons. The zero-order valence-corrected chi connectivity index (χ0v) is 10.8. The van der Waals surface area contributed by atoms with Gasteiger partial charge in [-0.2, -0.15) is 10.2 Å². The summed E-state index contributed by atoms with van der Waals surface area (Å²) in [5, 5.41) is 17.0. The van der Waals surface area contributed by atoms with Gasteiger partial charge in [0.15, 0.2) is 0 Å². The molecule has 0 amide bonds. The van der Waals surface area contributed by atoms with E-state index in [0.717, 1.165) is 0 Å². The van der Waals surface area contributed by atoms with Crippen molar-refractivity contribution in [1.29, 1.82) is 5.26 Å². The van der Waals surface area contributed by atoms with Gasteiger partial charge in [-0.3, -0.25) is 0 Å². The van der Waals surface area contributed by atoms with Crippen molar-refractivity contribution in [3.8, 4) is 17.5 Å². The summed E-state index contributed by atoms with van der Waals surface area (Å²) in [7, 11) is 0. The Hall–Kier alpha value is -2.72. The van der Waals surface area contributed by atoms with Crippen molar-refractivity contribution >= 4 is 11.6 Å². The Bertz CT molecular complexity index is 787. The monoisotopic (exact) mass is 286 g/mol. The highest BCUT2D eigenvalue weighted by Crippen LogP contribution is 2.24. The molecule has 0 aliphatic carbocycles. The van der Waals surface area contributed by atoms with Gasteiger partial charge in [0.05, 0.1) is 5.02 Å². The van der Waals surface area contributed by atoms with E-state index in [1.165, 1.54) is 11.0 Å². The van der Waals surface area contributed by atoms with Crippen LogP contribution in [0.2, 0.25) is 5.02 Å². The van der Waals surface area contributed by atoms with Crippen LogP contribution in [0.4, 0.5) is 0 Å². The van der Waals surface area contributed by atoms with E-state index < -0.39 is 0 Å². The molecule has 0 saturated carbocycles. The van der Waals surface area contributed by atoms with Crippen LogP contribution in [0.1, 0.15) is 11.7 Å². The van der Waals surface area contributed by atoms with Crippen molar-refractivity contribution in [1.82, 2.24) is 24.9 Å². The molecule has 0 unspecified atom stereocenters. The predicted molar refractivity (Wildman–Crippen MR) is 68.6 cm³/mol. The van der Waals surface area contributed by atoms with Crippen LogP contribution in [0.5, 0.6) is 0 Å². The molecule has 0 N–H and O–H groups in total. The summed E-state index contributed by atoms with van der Waals surface area (Å²) in [6, 6.07) is 9.07. The van der Waals surface area contributed by atoms with Crippen LogP contribution in [0.15, 0.2) is 35.1 Å². The molecular formula is C12H7ClN6O. The maximum absolute atomic E-state index is 8.65. The number of benzene rings is 1. The van der Waals surface area contributed by atoms with Crippen LogP contribution < -0.4 is 0 Å². The maximum Gasteiger partial charge on any atom is 0.252 e. The van der Waals surface area contributed by atoms with Crippen LogP contribution in [0.25, 0.3) is 11.4 Å². The van der Waals surface area contributed by atoms with Crippen molar-refractivity contribution in [2.75, 3.05) is 0 Å². The van der Waals surface area contributed by atoms with E-state index in [4.69, 9.17) is 21.4 Å². The summed E-state index contributed by atoms with van der Waals surface area (Å²) in [5.41, 5.74) is 0.695. The topological polar surface area (TPSA) is 93.4 Å². The number of nitriles is 1. The van der Waals surface area contributed by atoms with Gasteiger partial charge in [0.25, 0.3) is 5.82 Å². The van der Waals surface area contributed by atoms with Crippen molar-refractivity contribution in [2.45, 2.75) is 6.54 Å². The molecule has 20 heavy (non-hydrogen) atoms. The molecule has 0 bridgehead atoms. The molecule has 0 fully saturated rings. The number of halogens is 1. The van der Waals surface area contributed by atoms with Crippen LogP contribution in [-0.4, -0.2) is 24.9 Å². The normalized spacial score (nSPS) is 10.4. The average molecular weight is 287 g/mol. The minimum Gasteiger partial charge on any atom is -0.337 e. The quantitative estimate of drug-likeness (QED) is 0.730. The molecule has 0 spiro atoms. The summed E-state index contributed by atoms with van der Waals surface area (Å²) < 4.78 is 6.58. The number of hydrogen-bond acceptors (Lipinski definition) is 6. The highest BCUT2D eigenvalue weighted by atomic mass is 35.5. The molecule has 0 aliphatic heterocycles. The summed E-state index contributed by atoms with van der Waals surface area (Å²) in [6.07, 6.45) is 1.43. The van der Waals surface area contributed by atoms with Gasteiger partial charge in [0.2, 0.25) is 11.7 Å². The average Bonchev–Trinajstić information content (AvgIpc) is 3.09.